The molecular weight excluding hydrogens is 312 g/mol. The molecule has 0 amide bonds. The summed E-state index contributed by atoms with van der Waals surface area (Å²) in [7, 11) is 0. The van der Waals surface area contributed by atoms with Crippen molar-refractivity contribution in [1.29, 1.82) is 0 Å². The van der Waals surface area contributed by atoms with Gasteiger partial charge >= 0.3 is 0 Å². The fourth-order valence-electron chi connectivity index (χ4n) is 1.31. The van der Waals surface area contributed by atoms with Crippen molar-refractivity contribution in [3.05, 3.63) is 47.1 Å². The third kappa shape index (κ3) is 4.23. The molecule has 2 aromatic rings. The molecule has 0 aliphatic carbocycles. The number of aromatic nitrogens is 1. The first kappa shape index (κ1) is 13.2. The van der Waals surface area contributed by atoms with E-state index in [1.54, 1.807) is 18.0 Å². The molecule has 1 aromatic carbocycles. The van der Waals surface area contributed by atoms with Gasteiger partial charge in [-0.05, 0) is 36.4 Å². The Morgan fingerprint density at radius 1 is 1.17 bits per heavy atom. The van der Waals surface area contributed by atoms with Crippen LogP contribution in [0.1, 0.15) is 0 Å². The van der Waals surface area contributed by atoms with Crippen molar-refractivity contribution >= 4 is 33.4 Å². The molecule has 5 heteroatoms. The molecule has 0 spiro atoms. The van der Waals surface area contributed by atoms with Crippen LogP contribution in [0.25, 0.3) is 0 Å². The summed E-state index contributed by atoms with van der Waals surface area (Å²) >= 11 is 5.04. The number of ether oxygens (including phenoxy) is 1. The van der Waals surface area contributed by atoms with Crippen LogP contribution in [0.5, 0.6) is 5.75 Å². The topological polar surface area (TPSA) is 48.1 Å². The van der Waals surface area contributed by atoms with E-state index in [0.717, 1.165) is 21.0 Å². The van der Waals surface area contributed by atoms with Gasteiger partial charge in [-0.2, -0.15) is 0 Å². The van der Waals surface area contributed by atoms with Gasteiger partial charge in [0, 0.05) is 10.2 Å². The number of pyridine rings is 1. The lowest BCUT2D eigenvalue weighted by atomic mass is 10.3. The molecule has 0 bridgehead atoms. The van der Waals surface area contributed by atoms with Crippen LogP contribution in [0.4, 0.5) is 5.69 Å². The third-order valence-electron chi connectivity index (χ3n) is 2.17. The summed E-state index contributed by atoms with van der Waals surface area (Å²) in [6.45, 7) is 0.651. The first-order chi connectivity index (χ1) is 8.74. The predicted molar refractivity (Wildman–Crippen MR) is 79.0 cm³/mol. The van der Waals surface area contributed by atoms with Crippen LogP contribution in [0.15, 0.2) is 52.1 Å². The zero-order valence-electron chi connectivity index (χ0n) is 9.67. The van der Waals surface area contributed by atoms with Crippen molar-refractivity contribution in [2.24, 2.45) is 0 Å². The molecule has 0 saturated carbocycles. The molecule has 3 nitrogen and oxygen atoms in total. The van der Waals surface area contributed by atoms with Gasteiger partial charge in [-0.1, -0.05) is 15.9 Å². The smallest absolute Gasteiger partial charge is 0.119 e. The molecule has 1 aromatic heterocycles. The van der Waals surface area contributed by atoms with E-state index < -0.39 is 0 Å². The number of nitrogen functional groups attached to an aromatic ring is 1. The van der Waals surface area contributed by atoms with Gasteiger partial charge in [0.1, 0.15) is 5.75 Å². The first-order valence-corrected chi connectivity index (χ1v) is 7.24. The van der Waals surface area contributed by atoms with E-state index in [1.807, 2.05) is 36.4 Å². The summed E-state index contributed by atoms with van der Waals surface area (Å²) < 4.78 is 6.66. The van der Waals surface area contributed by atoms with Gasteiger partial charge < -0.3 is 10.5 Å². The third-order valence-corrected chi connectivity index (χ3v) is 3.61. The fourth-order valence-corrected chi connectivity index (χ4v) is 2.25. The number of rotatable bonds is 5. The maximum absolute atomic E-state index is 5.61. The molecule has 0 aliphatic heterocycles. The number of hydrogen-bond donors (Lipinski definition) is 1. The van der Waals surface area contributed by atoms with Crippen molar-refractivity contribution in [3.8, 4) is 5.75 Å². The number of benzene rings is 1. The molecule has 0 atom stereocenters. The Balaban J connectivity index is 1.73. The molecule has 2 rings (SSSR count). The van der Waals surface area contributed by atoms with E-state index in [0.29, 0.717) is 12.3 Å². The lowest BCUT2D eigenvalue weighted by Gasteiger charge is -2.05. The monoisotopic (exact) mass is 324 g/mol. The molecule has 94 valence electrons. The Bertz CT molecular complexity index is 440. The SMILES string of the molecule is Nc1ccc(SCCOc2ccc(Br)cc2)nc1. The van der Waals surface area contributed by atoms with Crippen LogP contribution in [0.3, 0.4) is 0 Å². The molecule has 0 saturated heterocycles. The highest BCUT2D eigenvalue weighted by Gasteiger charge is 1.97. The highest BCUT2D eigenvalue weighted by molar-refractivity contribution is 9.10. The number of nitrogens with zero attached hydrogens (tertiary/aromatic N) is 1. The summed E-state index contributed by atoms with van der Waals surface area (Å²) in [5.41, 5.74) is 6.26. The highest BCUT2D eigenvalue weighted by Crippen LogP contribution is 2.18. The maximum Gasteiger partial charge on any atom is 0.119 e. The number of nitrogens with two attached hydrogens (primary N) is 1. The number of anilines is 1. The summed E-state index contributed by atoms with van der Waals surface area (Å²) in [4.78, 5) is 4.21. The molecule has 1 heterocycles. The fraction of sp³-hybridized carbons (Fsp3) is 0.154. The van der Waals surface area contributed by atoms with Gasteiger partial charge in [-0.3, -0.25) is 0 Å². The van der Waals surface area contributed by atoms with Crippen LogP contribution in [0.2, 0.25) is 0 Å². The van der Waals surface area contributed by atoms with E-state index in [4.69, 9.17) is 10.5 Å². The van der Waals surface area contributed by atoms with Crippen molar-refractivity contribution in [3.63, 3.8) is 0 Å². The van der Waals surface area contributed by atoms with Crippen molar-refractivity contribution in [2.45, 2.75) is 5.03 Å². The van der Waals surface area contributed by atoms with E-state index in [2.05, 4.69) is 20.9 Å². The number of hydrogen-bond acceptors (Lipinski definition) is 4. The molecular formula is C13H13BrN2OS. The van der Waals surface area contributed by atoms with Crippen molar-refractivity contribution in [1.82, 2.24) is 4.98 Å². The van der Waals surface area contributed by atoms with Gasteiger partial charge in [-0.15, -0.1) is 11.8 Å². The number of thioether (sulfide) groups is 1. The lowest BCUT2D eigenvalue weighted by molar-refractivity contribution is 0.344. The van der Waals surface area contributed by atoms with Gasteiger partial charge in [0.2, 0.25) is 0 Å². The lowest BCUT2D eigenvalue weighted by Crippen LogP contribution is -2.00. The van der Waals surface area contributed by atoms with Gasteiger partial charge in [0.05, 0.1) is 23.5 Å². The summed E-state index contributed by atoms with van der Waals surface area (Å²) in [5, 5.41) is 0.962. The summed E-state index contributed by atoms with van der Waals surface area (Å²) in [6.07, 6.45) is 1.66. The standard InChI is InChI=1S/C13H13BrN2OS/c14-10-1-4-12(5-2-10)17-7-8-18-13-6-3-11(15)9-16-13/h1-6,9H,7-8,15H2. The van der Waals surface area contributed by atoms with Crippen LogP contribution in [-0.2, 0) is 0 Å². The quantitative estimate of drug-likeness (QED) is 0.674. The van der Waals surface area contributed by atoms with Crippen molar-refractivity contribution in [2.75, 3.05) is 18.1 Å². The van der Waals surface area contributed by atoms with Gasteiger partial charge in [-0.25, -0.2) is 4.98 Å². The van der Waals surface area contributed by atoms with Crippen molar-refractivity contribution < 1.29 is 4.74 Å². The van der Waals surface area contributed by atoms with Crippen LogP contribution in [0, 0.1) is 0 Å². The second kappa shape index (κ2) is 6.66. The summed E-state index contributed by atoms with van der Waals surface area (Å²) in [6, 6.07) is 11.6. The Kier molecular flexibility index (Phi) is 4.90. The Labute approximate surface area is 119 Å². The van der Waals surface area contributed by atoms with E-state index in [9.17, 15) is 0 Å². The van der Waals surface area contributed by atoms with Crippen LogP contribution in [-0.4, -0.2) is 17.3 Å². The first-order valence-electron chi connectivity index (χ1n) is 5.47. The van der Waals surface area contributed by atoms with Gasteiger partial charge in [0.15, 0.2) is 0 Å². The van der Waals surface area contributed by atoms with E-state index >= 15 is 0 Å². The molecule has 0 fully saturated rings. The molecule has 18 heavy (non-hydrogen) atoms. The van der Waals surface area contributed by atoms with Crippen LogP contribution < -0.4 is 10.5 Å². The Morgan fingerprint density at radius 3 is 2.61 bits per heavy atom. The average molecular weight is 325 g/mol. The Morgan fingerprint density at radius 2 is 1.94 bits per heavy atom. The molecule has 0 aliphatic rings. The van der Waals surface area contributed by atoms with E-state index in [1.165, 1.54) is 0 Å². The largest absolute Gasteiger partial charge is 0.493 e. The minimum atomic E-state index is 0.651. The van der Waals surface area contributed by atoms with Crippen LogP contribution >= 0.6 is 27.7 Å². The maximum atomic E-state index is 5.61. The average Bonchev–Trinajstić information content (AvgIpc) is 2.39. The minimum Gasteiger partial charge on any atom is -0.493 e. The number of halogens is 1. The summed E-state index contributed by atoms with van der Waals surface area (Å²) in [5.74, 6) is 1.73. The molecule has 0 unspecified atom stereocenters. The minimum absolute atomic E-state index is 0.651. The zero-order chi connectivity index (χ0) is 12.8. The Hall–Kier alpha value is -1.20. The normalized spacial score (nSPS) is 10.3. The predicted octanol–water partition coefficient (Wildman–Crippen LogP) is 3.60. The zero-order valence-corrected chi connectivity index (χ0v) is 12.1. The molecule has 2 N–H and O–H groups in total. The highest BCUT2D eigenvalue weighted by atomic mass is 79.9. The molecule has 0 radical (unpaired) electrons. The van der Waals surface area contributed by atoms with E-state index in [-0.39, 0.29) is 0 Å². The second-order valence-electron chi connectivity index (χ2n) is 3.58. The second-order valence-corrected chi connectivity index (χ2v) is 5.61. The van der Waals surface area contributed by atoms with Gasteiger partial charge in [0.25, 0.3) is 0 Å².